The Morgan fingerprint density at radius 1 is 1.20 bits per heavy atom. The van der Waals surface area contributed by atoms with Crippen molar-refractivity contribution in [1.82, 2.24) is 5.32 Å². The number of nitrogens with one attached hydrogen (secondary N) is 1. The molecule has 2 aliphatic carbocycles. The van der Waals surface area contributed by atoms with Gasteiger partial charge in [-0.05, 0) is 38.1 Å². The van der Waals surface area contributed by atoms with E-state index in [1.807, 2.05) is 0 Å². The van der Waals surface area contributed by atoms with E-state index in [1.165, 1.54) is 38.5 Å². The van der Waals surface area contributed by atoms with Gasteiger partial charge < -0.3 is 5.32 Å². The van der Waals surface area contributed by atoms with Gasteiger partial charge in [0.15, 0.2) is 0 Å². The first kappa shape index (κ1) is 6.66. The van der Waals surface area contributed by atoms with Crippen molar-refractivity contribution in [3.8, 4) is 0 Å². The van der Waals surface area contributed by atoms with Crippen LogP contribution in [0.25, 0.3) is 0 Å². The first-order chi connectivity index (χ1) is 4.87. The summed E-state index contributed by atoms with van der Waals surface area (Å²) in [6.07, 6.45) is 8.87. The maximum absolute atomic E-state index is 3.46. The minimum Gasteiger partial charge on any atom is -0.316 e. The van der Waals surface area contributed by atoms with Crippen LogP contribution in [0.3, 0.4) is 0 Å². The summed E-state index contributed by atoms with van der Waals surface area (Å²) < 4.78 is 0. The quantitative estimate of drug-likeness (QED) is 0.585. The van der Waals surface area contributed by atoms with Crippen LogP contribution < -0.4 is 5.32 Å². The van der Waals surface area contributed by atoms with Gasteiger partial charge in [0.1, 0.15) is 0 Å². The Morgan fingerprint density at radius 3 is 2.30 bits per heavy atom. The van der Waals surface area contributed by atoms with Crippen LogP contribution in [0.4, 0.5) is 0 Å². The molecule has 2 rings (SSSR count). The smallest absolute Gasteiger partial charge is 0.0120 e. The summed E-state index contributed by atoms with van der Waals surface area (Å²) in [6.45, 7) is 0. The van der Waals surface area contributed by atoms with Crippen molar-refractivity contribution in [3.63, 3.8) is 0 Å². The molecule has 2 fully saturated rings. The first-order valence-electron chi connectivity index (χ1n) is 4.55. The number of hydrogen-bond donors (Lipinski definition) is 1. The second-order valence-electron chi connectivity index (χ2n) is 3.95. The zero-order valence-corrected chi connectivity index (χ0v) is 6.82. The lowest BCUT2D eigenvalue weighted by Crippen LogP contribution is -2.44. The van der Waals surface area contributed by atoms with E-state index in [2.05, 4.69) is 12.4 Å². The summed E-state index contributed by atoms with van der Waals surface area (Å²) >= 11 is 0. The molecule has 0 radical (unpaired) electrons. The number of hydrogen-bond acceptors (Lipinski definition) is 1. The van der Waals surface area contributed by atoms with Crippen LogP contribution in [0, 0.1) is 5.41 Å². The Bertz CT molecular complexity index is 127. The van der Waals surface area contributed by atoms with Gasteiger partial charge in [0, 0.05) is 6.04 Å². The maximum atomic E-state index is 3.46. The average molecular weight is 139 g/mol. The largest absolute Gasteiger partial charge is 0.316 e. The van der Waals surface area contributed by atoms with Crippen molar-refractivity contribution in [2.45, 2.75) is 44.6 Å². The van der Waals surface area contributed by atoms with Crippen LogP contribution >= 0.6 is 0 Å². The lowest BCUT2D eigenvalue weighted by Gasteiger charge is -2.43. The molecule has 0 aliphatic heterocycles. The molecule has 0 saturated heterocycles. The van der Waals surface area contributed by atoms with Crippen LogP contribution in [-0.4, -0.2) is 13.1 Å². The minimum atomic E-state index is 0.773. The van der Waals surface area contributed by atoms with Crippen molar-refractivity contribution >= 4 is 0 Å². The Morgan fingerprint density at radius 2 is 1.90 bits per heavy atom. The highest BCUT2D eigenvalue weighted by Crippen LogP contribution is 2.52. The van der Waals surface area contributed by atoms with Gasteiger partial charge in [0.2, 0.25) is 0 Å². The van der Waals surface area contributed by atoms with E-state index in [0.29, 0.717) is 0 Å². The Balaban J connectivity index is 2.05. The summed E-state index contributed by atoms with van der Waals surface area (Å²) in [4.78, 5) is 0. The third-order valence-electron chi connectivity index (χ3n) is 3.60. The van der Waals surface area contributed by atoms with Crippen molar-refractivity contribution in [3.05, 3.63) is 0 Å². The maximum Gasteiger partial charge on any atom is 0.0120 e. The van der Waals surface area contributed by atoms with Gasteiger partial charge in [-0.1, -0.05) is 12.8 Å². The molecule has 0 unspecified atom stereocenters. The molecular formula is C9H17N. The molecule has 1 N–H and O–H groups in total. The highest BCUT2D eigenvalue weighted by molar-refractivity contribution is 5.00. The number of rotatable bonds is 1. The topological polar surface area (TPSA) is 12.0 Å². The lowest BCUT2D eigenvalue weighted by atomic mass is 9.65. The first-order valence-corrected chi connectivity index (χ1v) is 4.55. The summed E-state index contributed by atoms with van der Waals surface area (Å²) in [5, 5.41) is 3.46. The van der Waals surface area contributed by atoms with Crippen LogP contribution in [-0.2, 0) is 0 Å². The molecule has 2 aliphatic rings. The van der Waals surface area contributed by atoms with E-state index >= 15 is 0 Å². The van der Waals surface area contributed by atoms with Crippen molar-refractivity contribution in [2.24, 2.45) is 5.41 Å². The molecule has 1 nitrogen and oxygen atoms in total. The molecule has 0 heterocycles. The molecule has 0 bridgehead atoms. The summed E-state index contributed by atoms with van der Waals surface area (Å²) in [5.74, 6) is 0. The Hall–Kier alpha value is -0.0400. The molecule has 0 aromatic carbocycles. The standard InChI is InChI=1S/C9H17N/c1-10-8-4-2-5-9(8)6-3-7-9/h8,10H,2-7H2,1H3/t8-/m1/s1. The van der Waals surface area contributed by atoms with Gasteiger partial charge in [-0.2, -0.15) is 0 Å². The second kappa shape index (κ2) is 2.23. The average Bonchev–Trinajstić information content (AvgIpc) is 2.27. The Labute approximate surface area is 63.2 Å². The van der Waals surface area contributed by atoms with Crippen LogP contribution in [0.2, 0.25) is 0 Å². The van der Waals surface area contributed by atoms with Crippen molar-refractivity contribution in [2.75, 3.05) is 7.05 Å². The van der Waals surface area contributed by atoms with Gasteiger partial charge in [0.25, 0.3) is 0 Å². The molecule has 0 aromatic rings. The normalized spacial score (nSPS) is 36.3. The fraction of sp³-hybridized carbons (Fsp3) is 1.00. The van der Waals surface area contributed by atoms with E-state index < -0.39 is 0 Å². The van der Waals surface area contributed by atoms with E-state index in [0.717, 1.165) is 11.5 Å². The Kier molecular flexibility index (Phi) is 1.48. The molecule has 1 heteroatoms. The zero-order valence-electron chi connectivity index (χ0n) is 6.82. The third-order valence-corrected chi connectivity index (χ3v) is 3.60. The molecule has 0 amide bonds. The molecule has 10 heavy (non-hydrogen) atoms. The summed E-state index contributed by atoms with van der Waals surface area (Å²) in [7, 11) is 2.12. The van der Waals surface area contributed by atoms with Gasteiger partial charge in [-0.25, -0.2) is 0 Å². The molecule has 2 saturated carbocycles. The third kappa shape index (κ3) is 0.731. The molecular weight excluding hydrogens is 122 g/mol. The molecule has 0 aromatic heterocycles. The second-order valence-corrected chi connectivity index (χ2v) is 3.95. The van der Waals surface area contributed by atoms with Crippen LogP contribution in [0.15, 0.2) is 0 Å². The predicted molar refractivity (Wildman–Crippen MR) is 43.0 cm³/mol. The SMILES string of the molecule is CN[C@@H]1CCCC12CCC2. The van der Waals surface area contributed by atoms with E-state index in [4.69, 9.17) is 0 Å². The fourth-order valence-corrected chi connectivity index (χ4v) is 2.82. The molecule has 1 spiro atoms. The predicted octanol–water partition coefficient (Wildman–Crippen LogP) is 1.93. The van der Waals surface area contributed by atoms with Gasteiger partial charge >= 0.3 is 0 Å². The fourth-order valence-electron chi connectivity index (χ4n) is 2.82. The van der Waals surface area contributed by atoms with Crippen LogP contribution in [0.5, 0.6) is 0 Å². The summed E-state index contributed by atoms with van der Waals surface area (Å²) in [5.41, 5.74) is 0.773. The van der Waals surface area contributed by atoms with Gasteiger partial charge in [0.05, 0.1) is 0 Å². The summed E-state index contributed by atoms with van der Waals surface area (Å²) in [6, 6.07) is 0.862. The van der Waals surface area contributed by atoms with Crippen LogP contribution in [0.1, 0.15) is 38.5 Å². The van der Waals surface area contributed by atoms with E-state index in [1.54, 1.807) is 0 Å². The lowest BCUT2D eigenvalue weighted by molar-refractivity contribution is 0.105. The van der Waals surface area contributed by atoms with E-state index in [9.17, 15) is 0 Å². The highest BCUT2D eigenvalue weighted by atomic mass is 14.9. The van der Waals surface area contributed by atoms with Gasteiger partial charge in [-0.3, -0.25) is 0 Å². The van der Waals surface area contributed by atoms with Gasteiger partial charge in [-0.15, -0.1) is 0 Å². The monoisotopic (exact) mass is 139 g/mol. The minimum absolute atomic E-state index is 0.773. The van der Waals surface area contributed by atoms with Crippen molar-refractivity contribution < 1.29 is 0 Å². The highest BCUT2D eigenvalue weighted by Gasteiger charge is 2.45. The molecule has 1 atom stereocenters. The van der Waals surface area contributed by atoms with E-state index in [-0.39, 0.29) is 0 Å². The molecule has 58 valence electrons. The zero-order chi connectivity index (χ0) is 7.03. The van der Waals surface area contributed by atoms with Crippen molar-refractivity contribution in [1.29, 1.82) is 0 Å².